The number of thiophene rings is 1. The van der Waals surface area contributed by atoms with E-state index < -0.39 is 0 Å². The zero-order valence-electron chi connectivity index (χ0n) is 11.9. The molecule has 19 heavy (non-hydrogen) atoms. The van der Waals surface area contributed by atoms with Gasteiger partial charge in [-0.05, 0) is 59.5 Å². The molecule has 0 unspecified atom stereocenters. The molecule has 1 saturated carbocycles. The zero-order valence-corrected chi connectivity index (χ0v) is 12.7. The maximum absolute atomic E-state index is 3.65. The smallest absolute Gasteiger partial charge is 0.0345 e. The molecule has 1 aromatic heterocycles. The van der Waals surface area contributed by atoms with Crippen molar-refractivity contribution in [2.24, 2.45) is 11.3 Å². The molecule has 0 bridgehead atoms. The van der Waals surface area contributed by atoms with E-state index in [1.807, 2.05) is 11.3 Å². The summed E-state index contributed by atoms with van der Waals surface area (Å²) in [6.45, 7) is 6.89. The van der Waals surface area contributed by atoms with Gasteiger partial charge in [0.15, 0.2) is 0 Å². The molecule has 102 valence electrons. The third-order valence-corrected chi connectivity index (χ3v) is 5.15. The van der Waals surface area contributed by atoms with E-state index in [1.54, 1.807) is 5.56 Å². The molecule has 0 atom stereocenters. The van der Waals surface area contributed by atoms with Crippen LogP contribution in [-0.4, -0.2) is 13.1 Å². The lowest BCUT2D eigenvalue weighted by molar-refractivity contribution is 0.433. The average Bonchev–Trinajstić information content (AvgIpc) is 3.03. The van der Waals surface area contributed by atoms with Crippen LogP contribution in [0.2, 0.25) is 0 Å². The van der Waals surface area contributed by atoms with Crippen molar-refractivity contribution in [2.45, 2.75) is 33.1 Å². The Balaban J connectivity index is 1.67. The van der Waals surface area contributed by atoms with E-state index in [2.05, 4.69) is 48.8 Å². The van der Waals surface area contributed by atoms with E-state index in [-0.39, 0.29) is 0 Å². The summed E-state index contributed by atoms with van der Waals surface area (Å²) in [5, 5.41) is 7.49. The molecule has 2 aromatic rings. The summed E-state index contributed by atoms with van der Waals surface area (Å²) in [6.07, 6.45) is 4.03. The van der Waals surface area contributed by atoms with Gasteiger partial charge in [-0.25, -0.2) is 0 Å². The van der Waals surface area contributed by atoms with Gasteiger partial charge in [0, 0.05) is 11.2 Å². The fourth-order valence-electron chi connectivity index (χ4n) is 2.79. The first-order chi connectivity index (χ1) is 9.19. The molecule has 1 aliphatic carbocycles. The lowest BCUT2D eigenvalue weighted by atomic mass is 9.96. The van der Waals surface area contributed by atoms with Crippen LogP contribution in [0.4, 0.5) is 0 Å². The van der Waals surface area contributed by atoms with Crippen LogP contribution in [0.5, 0.6) is 0 Å². The molecule has 3 rings (SSSR count). The Bertz CT molecular complexity index is 551. The molecule has 0 radical (unpaired) electrons. The second-order valence-corrected chi connectivity index (χ2v) is 7.37. The van der Waals surface area contributed by atoms with Crippen molar-refractivity contribution < 1.29 is 0 Å². The highest BCUT2D eigenvalue weighted by molar-refractivity contribution is 7.17. The first kappa shape index (κ1) is 13.1. The van der Waals surface area contributed by atoms with E-state index >= 15 is 0 Å². The minimum absolute atomic E-state index is 0.554. The molecule has 1 N–H and O–H groups in total. The van der Waals surface area contributed by atoms with Gasteiger partial charge < -0.3 is 5.32 Å². The second kappa shape index (κ2) is 5.26. The Labute approximate surface area is 120 Å². The predicted molar refractivity (Wildman–Crippen MR) is 84.9 cm³/mol. The highest BCUT2D eigenvalue weighted by Crippen LogP contribution is 2.49. The molecule has 0 spiro atoms. The molecule has 1 heterocycles. The van der Waals surface area contributed by atoms with E-state index in [1.165, 1.54) is 35.9 Å². The average molecular weight is 273 g/mol. The minimum Gasteiger partial charge on any atom is -0.316 e. The van der Waals surface area contributed by atoms with Crippen LogP contribution in [0.1, 0.15) is 32.3 Å². The van der Waals surface area contributed by atoms with Crippen molar-refractivity contribution in [3.05, 3.63) is 35.2 Å². The van der Waals surface area contributed by atoms with Crippen molar-refractivity contribution in [1.82, 2.24) is 5.32 Å². The monoisotopic (exact) mass is 273 g/mol. The number of benzene rings is 1. The number of nitrogens with one attached hydrogen (secondary N) is 1. The number of rotatable bonds is 6. The zero-order chi connectivity index (χ0) is 13.3. The standard InChI is InChI=1S/C17H23NS/c1-13(2)10-18-12-17(7-8-17)9-14-11-19-16-6-4-3-5-15(14)16/h3-6,11,13,18H,7-10,12H2,1-2H3. The predicted octanol–water partition coefficient (Wildman–Crippen LogP) is 4.47. The Kier molecular flexibility index (Phi) is 3.64. The van der Waals surface area contributed by atoms with E-state index in [0.29, 0.717) is 5.41 Å². The summed E-state index contributed by atoms with van der Waals surface area (Å²) in [5.41, 5.74) is 2.11. The van der Waals surface area contributed by atoms with Crippen molar-refractivity contribution in [3.63, 3.8) is 0 Å². The molecule has 0 amide bonds. The van der Waals surface area contributed by atoms with Gasteiger partial charge in [-0.1, -0.05) is 32.0 Å². The number of fused-ring (bicyclic) bond motifs is 1. The third kappa shape index (κ3) is 3.01. The van der Waals surface area contributed by atoms with Gasteiger partial charge in [-0.15, -0.1) is 11.3 Å². The minimum atomic E-state index is 0.554. The maximum atomic E-state index is 3.65. The highest BCUT2D eigenvalue weighted by atomic mass is 32.1. The maximum Gasteiger partial charge on any atom is 0.0345 e. The topological polar surface area (TPSA) is 12.0 Å². The molecule has 0 aliphatic heterocycles. The van der Waals surface area contributed by atoms with Crippen molar-refractivity contribution in [1.29, 1.82) is 0 Å². The first-order valence-electron chi connectivity index (χ1n) is 7.34. The Morgan fingerprint density at radius 3 is 2.79 bits per heavy atom. The SMILES string of the molecule is CC(C)CNCC1(Cc2csc3ccccc23)CC1. The summed E-state index contributed by atoms with van der Waals surface area (Å²) in [5.74, 6) is 0.748. The molecule has 0 saturated heterocycles. The molecule has 1 aromatic carbocycles. The second-order valence-electron chi connectivity index (χ2n) is 6.46. The van der Waals surface area contributed by atoms with Crippen molar-refractivity contribution >= 4 is 21.4 Å². The number of hydrogen-bond donors (Lipinski definition) is 1. The lowest BCUT2D eigenvalue weighted by Gasteiger charge is -2.17. The van der Waals surface area contributed by atoms with Gasteiger partial charge in [-0.3, -0.25) is 0 Å². The van der Waals surface area contributed by atoms with E-state index in [0.717, 1.165) is 12.5 Å². The third-order valence-electron chi connectivity index (χ3n) is 4.14. The van der Waals surface area contributed by atoms with Crippen LogP contribution in [-0.2, 0) is 6.42 Å². The summed E-state index contributed by atoms with van der Waals surface area (Å²) in [7, 11) is 0. The Hall–Kier alpha value is -0.860. The van der Waals surface area contributed by atoms with Crippen LogP contribution in [0.3, 0.4) is 0 Å². The van der Waals surface area contributed by atoms with Gasteiger partial charge in [0.2, 0.25) is 0 Å². The number of hydrogen-bond acceptors (Lipinski definition) is 2. The van der Waals surface area contributed by atoms with Crippen LogP contribution >= 0.6 is 11.3 Å². The van der Waals surface area contributed by atoms with Gasteiger partial charge in [0.05, 0.1) is 0 Å². The summed E-state index contributed by atoms with van der Waals surface area (Å²) in [6, 6.07) is 8.81. The van der Waals surface area contributed by atoms with Gasteiger partial charge in [0.25, 0.3) is 0 Å². The fraction of sp³-hybridized carbons (Fsp3) is 0.529. The van der Waals surface area contributed by atoms with E-state index in [4.69, 9.17) is 0 Å². The molecule has 1 aliphatic rings. The summed E-state index contributed by atoms with van der Waals surface area (Å²) in [4.78, 5) is 0. The van der Waals surface area contributed by atoms with Crippen molar-refractivity contribution in [2.75, 3.05) is 13.1 Å². The molecule has 1 nitrogen and oxygen atoms in total. The van der Waals surface area contributed by atoms with Crippen LogP contribution in [0, 0.1) is 11.3 Å². The van der Waals surface area contributed by atoms with Gasteiger partial charge in [-0.2, -0.15) is 0 Å². The van der Waals surface area contributed by atoms with Crippen LogP contribution in [0.25, 0.3) is 10.1 Å². The normalized spacial score (nSPS) is 17.2. The Morgan fingerprint density at radius 2 is 2.05 bits per heavy atom. The molecule has 1 fully saturated rings. The van der Waals surface area contributed by atoms with Crippen molar-refractivity contribution in [3.8, 4) is 0 Å². The first-order valence-corrected chi connectivity index (χ1v) is 8.22. The molecular weight excluding hydrogens is 250 g/mol. The quantitative estimate of drug-likeness (QED) is 0.819. The summed E-state index contributed by atoms with van der Waals surface area (Å²) >= 11 is 1.89. The fourth-order valence-corrected chi connectivity index (χ4v) is 3.76. The van der Waals surface area contributed by atoms with Crippen LogP contribution in [0.15, 0.2) is 29.6 Å². The van der Waals surface area contributed by atoms with Gasteiger partial charge >= 0.3 is 0 Å². The van der Waals surface area contributed by atoms with Crippen LogP contribution < -0.4 is 5.32 Å². The Morgan fingerprint density at radius 1 is 1.26 bits per heavy atom. The lowest BCUT2D eigenvalue weighted by Crippen LogP contribution is -2.28. The summed E-state index contributed by atoms with van der Waals surface area (Å²) < 4.78 is 1.43. The molecule has 2 heteroatoms. The molecular formula is C17H23NS. The highest BCUT2D eigenvalue weighted by Gasteiger charge is 2.42. The largest absolute Gasteiger partial charge is 0.316 e. The van der Waals surface area contributed by atoms with Gasteiger partial charge in [0.1, 0.15) is 0 Å². The van der Waals surface area contributed by atoms with E-state index in [9.17, 15) is 0 Å².